The molecule has 0 amide bonds. The third-order valence-corrected chi connectivity index (χ3v) is 13.2. The van der Waals surface area contributed by atoms with E-state index in [0.717, 1.165) is 41.0 Å². The SMILES string of the molecule is C=Cc1c(C=C)n(-c2ccc3c(c2)c2ccccc2n3-c2ccccc2)c2ccc(-c3ccc4sc5cc6c7c(cccc7c5c4c3)C3=C6CCC=C3)cc12. The van der Waals surface area contributed by atoms with Gasteiger partial charge in [0.1, 0.15) is 0 Å². The second-order valence-electron chi connectivity index (χ2n) is 14.8. The molecule has 3 heteroatoms. The Morgan fingerprint density at radius 1 is 0.527 bits per heavy atom. The Bertz CT molecular complexity index is 3400. The van der Waals surface area contributed by atoms with Crippen LogP contribution in [0.1, 0.15) is 35.2 Å². The van der Waals surface area contributed by atoms with Crippen LogP contribution in [0.15, 0.2) is 159 Å². The number of thiophene rings is 1. The van der Waals surface area contributed by atoms with Gasteiger partial charge in [0.25, 0.3) is 0 Å². The quantitative estimate of drug-likeness (QED) is 0.168. The molecule has 55 heavy (non-hydrogen) atoms. The summed E-state index contributed by atoms with van der Waals surface area (Å²) in [5.41, 5.74) is 16.1. The Kier molecular flexibility index (Phi) is 6.38. The standard InChI is InChI=1S/C52H34N2S/c1-3-35-41-27-31(32-22-26-49-44(28-32)52-40-19-12-18-39-36-15-8-9-16-37(36)43(51(39)40)30-50(52)55-49)21-24-47(41)54(45(35)4-2)34-23-25-48-42(29-34)38-17-10-11-20-46(38)53(48)33-13-6-5-7-14-33/h3-8,10-15,17-30H,1-2,9,16H2. The second kappa shape index (κ2) is 11.4. The zero-order valence-electron chi connectivity index (χ0n) is 30.1. The predicted molar refractivity (Wildman–Crippen MR) is 239 cm³/mol. The molecule has 0 atom stereocenters. The molecule has 258 valence electrons. The van der Waals surface area contributed by atoms with Crippen molar-refractivity contribution >= 4 is 98.3 Å². The molecule has 10 aromatic rings. The average molecular weight is 719 g/mol. The van der Waals surface area contributed by atoms with E-state index in [-0.39, 0.29) is 0 Å². The van der Waals surface area contributed by atoms with Gasteiger partial charge in [-0.25, -0.2) is 0 Å². The lowest BCUT2D eigenvalue weighted by atomic mass is 9.94. The van der Waals surface area contributed by atoms with E-state index in [1.165, 1.54) is 91.5 Å². The normalized spacial score (nSPS) is 13.7. The fraction of sp³-hybridized carbons (Fsp3) is 0.0385. The molecular formula is C52H34N2S. The molecule has 3 heterocycles. The summed E-state index contributed by atoms with van der Waals surface area (Å²) in [6.45, 7) is 8.60. The number of para-hydroxylation sites is 2. The van der Waals surface area contributed by atoms with Crippen molar-refractivity contribution in [1.29, 1.82) is 0 Å². The summed E-state index contributed by atoms with van der Waals surface area (Å²) in [7, 11) is 0. The van der Waals surface area contributed by atoms with Crippen LogP contribution in [0.25, 0.3) is 109 Å². The van der Waals surface area contributed by atoms with Crippen LogP contribution in [0.2, 0.25) is 0 Å². The van der Waals surface area contributed by atoms with Crippen molar-refractivity contribution in [2.75, 3.05) is 0 Å². The maximum atomic E-state index is 4.30. The number of hydrogen-bond acceptors (Lipinski definition) is 1. The Balaban J connectivity index is 1.03. The Labute approximate surface area is 322 Å². The number of rotatable bonds is 5. The van der Waals surface area contributed by atoms with E-state index in [2.05, 4.69) is 168 Å². The number of allylic oxidation sites excluding steroid dienone is 4. The third-order valence-electron chi connectivity index (χ3n) is 12.1. The monoisotopic (exact) mass is 718 g/mol. The van der Waals surface area contributed by atoms with Crippen LogP contribution in [-0.4, -0.2) is 9.13 Å². The average Bonchev–Trinajstić information content (AvgIpc) is 3.97. The van der Waals surface area contributed by atoms with Gasteiger partial charge in [0.05, 0.1) is 22.2 Å². The summed E-state index contributed by atoms with van der Waals surface area (Å²) in [6, 6.07) is 49.5. The fourth-order valence-electron chi connectivity index (χ4n) is 9.75. The summed E-state index contributed by atoms with van der Waals surface area (Å²) in [4.78, 5) is 0. The highest BCUT2D eigenvalue weighted by atomic mass is 32.1. The van der Waals surface area contributed by atoms with Gasteiger partial charge in [-0.1, -0.05) is 98.1 Å². The fourth-order valence-corrected chi connectivity index (χ4v) is 10.9. The zero-order valence-corrected chi connectivity index (χ0v) is 31.0. The summed E-state index contributed by atoms with van der Waals surface area (Å²) < 4.78 is 7.41. The Hall–Kier alpha value is -6.68. The second-order valence-corrected chi connectivity index (χ2v) is 15.9. The van der Waals surface area contributed by atoms with E-state index in [4.69, 9.17) is 0 Å². The molecule has 7 aromatic carbocycles. The van der Waals surface area contributed by atoms with Crippen molar-refractivity contribution < 1.29 is 0 Å². The predicted octanol–water partition coefficient (Wildman–Crippen LogP) is 14.8. The van der Waals surface area contributed by atoms with Crippen molar-refractivity contribution in [2.45, 2.75) is 12.8 Å². The van der Waals surface area contributed by atoms with Crippen molar-refractivity contribution in [3.8, 4) is 22.5 Å². The molecule has 3 aromatic heterocycles. The van der Waals surface area contributed by atoms with Crippen LogP contribution in [0.5, 0.6) is 0 Å². The molecule has 2 nitrogen and oxygen atoms in total. The van der Waals surface area contributed by atoms with E-state index in [9.17, 15) is 0 Å². The molecule has 0 spiro atoms. The smallest absolute Gasteiger partial charge is 0.0542 e. The van der Waals surface area contributed by atoms with Crippen LogP contribution >= 0.6 is 11.3 Å². The minimum atomic E-state index is 1.04. The van der Waals surface area contributed by atoms with E-state index in [1.54, 1.807) is 0 Å². The van der Waals surface area contributed by atoms with Crippen LogP contribution in [0.4, 0.5) is 0 Å². The van der Waals surface area contributed by atoms with Gasteiger partial charge in [-0.2, -0.15) is 0 Å². The molecule has 2 aliphatic carbocycles. The Morgan fingerprint density at radius 2 is 1.29 bits per heavy atom. The molecule has 0 radical (unpaired) electrons. The molecule has 0 saturated heterocycles. The highest BCUT2D eigenvalue weighted by Gasteiger charge is 2.26. The lowest BCUT2D eigenvalue weighted by molar-refractivity contribution is 1.06. The first-order chi connectivity index (χ1) is 27.2. The summed E-state index contributed by atoms with van der Waals surface area (Å²) >= 11 is 1.92. The van der Waals surface area contributed by atoms with E-state index < -0.39 is 0 Å². The number of nitrogens with zero attached hydrogens (tertiary/aromatic N) is 2. The first-order valence-electron chi connectivity index (χ1n) is 19.1. The lowest BCUT2D eigenvalue weighted by Crippen LogP contribution is -1.97. The zero-order chi connectivity index (χ0) is 36.4. The van der Waals surface area contributed by atoms with E-state index in [0.29, 0.717) is 0 Å². The maximum absolute atomic E-state index is 4.30. The highest BCUT2D eigenvalue weighted by molar-refractivity contribution is 7.26. The molecule has 0 unspecified atom stereocenters. The first kappa shape index (κ1) is 30.7. The van der Waals surface area contributed by atoms with Crippen molar-refractivity contribution in [3.05, 3.63) is 181 Å². The molecule has 0 aliphatic heterocycles. The van der Waals surface area contributed by atoms with Gasteiger partial charge in [0, 0.05) is 53.3 Å². The lowest BCUT2D eigenvalue weighted by Gasteiger charge is -2.11. The molecule has 0 fully saturated rings. The summed E-state index contributed by atoms with van der Waals surface area (Å²) in [5, 5.41) is 9.13. The van der Waals surface area contributed by atoms with Crippen LogP contribution in [0, 0.1) is 0 Å². The molecule has 0 bridgehead atoms. The van der Waals surface area contributed by atoms with Gasteiger partial charge in [0.15, 0.2) is 0 Å². The number of benzene rings is 7. The molecular weight excluding hydrogens is 685 g/mol. The van der Waals surface area contributed by atoms with Gasteiger partial charge in [0.2, 0.25) is 0 Å². The van der Waals surface area contributed by atoms with Gasteiger partial charge in [-0.15, -0.1) is 11.3 Å². The number of fused-ring (bicyclic) bond motifs is 10. The van der Waals surface area contributed by atoms with Gasteiger partial charge in [-0.3, -0.25) is 0 Å². The minimum Gasteiger partial charge on any atom is -0.309 e. The van der Waals surface area contributed by atoms with Crippen LogP contribution < -0.4 is 0 Å². The van der Waals surface area contributed by atoms with Crippen LogP contribution in [0.3, 0.4) is 0 Å². The van der Waals surface area contributed by atoms with Crippen molar-refractivity contribution in [1.82, 2.24) is 9.13 Å². The number of aromatic nitrogens is 2. The van der Waals surface area contributed by atoms with E-state index >= 15 is 0 Å². The summed E-state index contributed by atoms with van der Waals surface area (Å²) in [5.74, 6) is 0. The highest BCUT2D eigenvalue weighted by Crippen LogP contribution is 2.51. The Morgan fingerprint density at radius 3 is 2.16 bits per heavy atom. The van der Waals surface area contributed by atoms with Crippen molar-refractivity contribution in [3.63, 3.8) is 0 Å². The summed E-state index contributed by atoms with van der Waals surface area (Å²) in [6.07, 6.45) is 10.9. The van der Waals surface area contributed by atoms with Gasteiger partial charge in [-0.05, 0) is 130 Å². The molecule has 0 N–H and O–H groups in total. The van der Waals surface area contributed by atoms with E-state index in [1.807, 2.05) is 23.5 Å². The topological polar surface area (TPSA) is 9.86 Å². The van der Waals surface area contributed by atoms with Crippen LogP contribution in [-0.2, 0) is 0 Å². The van der Waals surface area contributed by atoms with Gasteiger partial charge >= 0.3 is 0 Å². The third kappa shape index (κ3) is 4.19. The molecule has 2 aliphatic rings. The number of hydrogen-bond donors (Lipinski definition) is 0. The molecule has 0 saturated carbocycles. The van der Waals surface area contributed by atoms with Gasteiger partial charge < -0.3 is 9.13 Å². The first-order valence-corrected chi connectivity index (χ1v) is 19.9. The molecule has 12 rings (SSSR count). The largest absolute Gasteiger partial charge is 0.309 e. The minimum absolute atomic E-state index is 1.04. The van der Waals surface area contributed by atoms with Crippen molar-refractivity contribution in [2.24, 2.45) is 0 Å². The maximum Gasteiger partial charge on any atom is 0.0542 e.